The maximum Gasteiger partial charge on any atom is 0.407 e. The predicted octanol–water partition coefficient (Wildman–Crippen LogP) is 2.49. The number of carbonyl (C=O) groups excluding carboxylic acids is 1. The number of benzene rings is 2. The van der Waals surface area contributed by atoms with Crippen molar-refractivity contribution in [2.45, 2.75) is 18.8 Å². The smallest absolute Gasteiger partial charge is 0.407 e. The summed E-state index contributed by atoms with van der Waals surface area (Å²) in [7, 11) is 0. The van der Waals surface area contributed by atoms with Crippen LogP contribution >= 0.6 is 0 Å². The van der Waals surface area contributed by atoms with E-state index >= 15 is 0 Å². The Labute approximate surface area is 145 Å². The van der Waals surface area contributed by atoms with E-state index in [-0.39, 0.29) is 13.2 Å². The SMILES string of the molecule is O=C(NCC(O)C(O)c1c[nH]c2ccccc12)OCc1ccccc1. The number of para-hydroxylation sites is 1. The number of aromatic amines is 1. The van der Waals surface area contributed by atoms with E-state index in [0.29, 0.717) is 5.56 Å². The van der Waals surface area contributed by atoms with Crippen LogP contribution in [0.15, 0.2) is 60.8 Å². The van der Waals surface area contributed by atoms with E-state index in [1.54, 1.807) is 6.20 Å². The molecule has 3 rings (SSSR count). The second kappa shape index (κ2) is 7.83. The Hall–Kier alpha value is -2.83. The highest BCUT2D eigenvalue weighted by atomic mass is 16.5. The van der Waals surface area contributed by atoms with Crippen molar-refractivity contribution in [1.82, 2.24) is 10.3 Å². The molecule has 0 spiro atoms. The summed E-state index contributed by atoms with van der Waals surface area (Å²) in [5.41, 5.74) is 2.33. The quantitative estimate of drug-likeness (QED) is 0.554. The molecule has 0 radical (unpaired) electrons. The van der Waals surface area contributed by atoms with Gasteiger partial charge in [0.25, 0.3) is 0 Å². The van der Waals surface area contributed by atoms with E-state index in [1.165, 1.54) is 0 Å². The van der Waals surface area contributed by atoms with Crippen molar-refractivity contribution in [3.05, 3.63) is 71.9 Å². The van der Waals surface area contributed by atoms with Gasteiger partial charge in [-0.2, -0.15) is 0 Å². The molecule has 1 amide bonds. The fourth-order valence-corrected chi connectivity index (χ4v) is 2.62. The molecule has 0 bridgehead atoms. The summed E-state index contributed by atoms with van der Waals surface area (Å²) in [5.74, 6) is 0. The van der Waals surface area contributed by atoms with Crippen LogP contribution in [0, 0.1) is 0 Å². The first kappa shape index (κ1) is 17.0. The minimum atomic E-state index is -1.15. The van der Waals surface area contributed by atoms with Crippen LogP contribution in [0.5, 0.6) is 0 Å². The van der Waals surface area contributed by atoms with Gasteiger partial charge in [0, 0.05) is 29.2 Å². The van der Waals surface area contributed by atoms with Crippen molar-refractivity contribution in [2.24, 2.45) is 0 Å². The molecule has 2 aromatic carbocycles. The summed E-state index contributed by atoms with van der Waals surface area (Å²) in [6, 6.07) is 16.8. The Morgan fingerprint density at radius 2 is 1.80 bits per heavy atom. The third kappa shape index (κ3) is 4.17. The van der Waals surface area contributed by atoms with E-state index in [4.69, 9.17) is 4.74 Å². The Kier molecular flexibility index (Phi) is 5.33. The summed E-state index contributed by atoms with van der Waals surface area (Å²) >= 11 is 0. The van der Waals surface area contributed by atoms with Crippen LogP contribution in [0.2, 0.25) is 0 Å². The van der Waals surface area contributed by atoms with E-state index in [0.717, 1.165) is 16.5 Å². The molecule has 25 heavy (non-hydrogen) atoms. The van der Waals surface area contributed by atoms with Crippen LogP contribution in [0.4, 0.5) is 4.79 Å². The first-order valence-corrected chi connectivity index (χ1v) is 8.02. The molecule has 4 N–H and O–H groups in total. The minimum Gasteiger partial charge on any atom is -0.445 e. The topological polar surface area (TPSA) is 94.6 Å². The fraction of sp³-hybridized carbons (Fsp3) is 0.211. The molecule has 6 nitrogen and oxygen atoms in total. The molecule has 1 aromatic heterocycles. The number of aromatic nitrogens is 1. The number of alkyl carbamates (subject to hydrolysis) is 1. The molecule has 0 aliphatic rings. The third-order valence-corrected chi connectivity index (χ3v) is 3.97. The van der Waals surface area contributed by atoms with Crippen LogP contribution < -0.4 is 5.32 Å². The van der Waals surface area contributed by atoms with Crippen molar-refractivity contribution in [1.29, 1.82) is 0 Å². The lowest BCUT2D eigenvalue weighted by molar-refractivity contribution is 0.0192. The van der Waals surface area contributed by atoms with Crippen molar-refractivity contribution < 1.29 is 19.7 Å². The molecule has 0 aliphatic carbocycles. The second-order valence-electron chi connectivity index (χ2n) is 5.74. The Morgan fingerprint density at radius 1 is 1.08 bits per heavy atom. The fourth-order valence-electron chi connectivity index (χ4n) is 2.62. The average molecular weight is 340 g/mol. The van der Waals surface area contributed by atoms with Gasteiger partial charge in [0.1, 0.15) is 18.8 Å². The number of nitrogens with one attached hydrogen (secondary N) is 2. The zero-order chi connectivity index (χ0) is 17.6. The molecular weight excluding hydrogens is 320 g/mol. The Bertz CT molecular complexity index is 832. The summed E-state index contributed by atoms with van der Waals surface area (Å²) in [4.78, 5) is 14.8. The highest BCUT2D eigenvalue weighted by Gasteiger charge is 2.22. The summed E-state index contributed by atoms with van der Waals surface area (Å²) in [6.45, 7) is 0.0298. The average Bonchev–Trinajstić information content (AvgIpc) is 3.08. The van der Waals surface area contributed by atoms with Crippen LogP contribution in [-0.2, 0) is 11.3 Å². The van der Waals surface area contributed by atoms with Crippen LogP contribution in [0.3, 0.4) is 0 Å². The van der Waals surface area contributed by atoms with Gasteiger partial charge in [-0.05, 0) is 11.6 Å². The van der Waals surface area contributed by atoms with Gasteiger partial charge in [0.05, 0.1) is 0 Å². The highest BCUT2D eigenvalue weighted by Crippen LogP contribution is 2.25. The largest absolute Gasteiger partial charge is 0.445 e. The van der Waals surface area contributed by atoms with E-state index in [9.17, 15) is 15.0 Å². The molecule has 1 heterocycles. The van der Waals surface area contributed by atoms with Crippen LogP contribution in [0.25, 0.3) is 10.9 Å². The molecular formula is C19H20N2O4. The summed E-state index contributed by atoms with van der Waals surface area (Å²) < 4.78 is 5.07. The lowest BCUT2D eigenvalue weighted by Gasteiger charge is -2.18. The minimum absolute atomic E-state index is 0.117. The zero-order valence-corrected chi connectivity index (χ0v) is 13.6. The predicted molar refractivity (Wildman–Crippen MR) is 93.9 cm³/mol. The molecule has 3 aromatic rings. The summed E-state index contributed by atoms with van der Waals surface area (Å²) in [5, 5.41) is 23.8. The summed E-state index contributed by atoms with van der Waals surface area (Å²) in [6.07, 6.45) is -1.25. The number of amides is 1. The number of hydrogen-bond acceptors (Lipinski definition) is 4. The van der Waals surface area contributed by atoms with Crippen LogP contribution in [-0.4, -0.2) is 33.9 Å². The molecule has 0 saturated heterocycles. The number of H-pyrrole nitrogens is 1. The monoisotopic (exact) mass is 340 g/mol. The van der Waals surface area contributed by atoms with Crippen molar-refractivity contribution in [3.8, 4) is 0 Å². The number of carbonyl (C=O) groups is 1. The maximum atomic E-state index is 11.7. The molecule has 2 atom stereocenters. The second-order valence-corrected chi connectivity index (χ2v) is 5.74. The number of aliphatic hydroxyl groups excluding tert-OH is 2. The lowest BCUT2D eigenvalue weighted by Crippen LogP contribution is -2.35. The van der Waals surface area contributed by atoms with Crippen molar-refractivity contribution in [2.75, 3.05) is 6.54 Å². The number of rotatable bonds is 6. The van der Waals surface area contributed by atoms with Crippen molar-refractivity contribution >= 4 is 17.0 Å². The Morgan fingerprint density at radius 3 is 2.60 bits per heavy atom. The van der Waals surface area contributed by atoms with E-state index in [1.807, 2.05) is 54.6 Å². The molecule has 6 heteroatoms. The number of fused-ring (bicyclic) bond motifs is 1. The normalized spacial score (nSPS) is 13.4. The van der Waals surface area contributed by atoms with Gasteiger partial charge in [-0.3, -0.25) is 0 Å². The van der Waals surface area contributed by atoms with E-state index < -0.39 is 18.3 Å². The molecule has 2 unspecified atom stereocenters. The van der Waals surface area contributed by atoms with Gasteiger partial charge in [0.2, 0.25) is 0 Å². The standard InChI is InChI=1S/C19H20N2O4/c22-17(11-21-19(24)25-12-13-6-2-1-3-7-13)18(23)15-10-20-16-9-5-4-8-14(15)16/h1-10,17-18,20,22-23H,11-12H2,(H,21,24). The highest BCUT2D eigenvalue weighted by molar-refractivity contribution is 5.83. The number of hydrogen-bond donors (Lipinski definition) is 4. The van der Waals surface area contributed by atoms with Gasteiger partial charge >= 0.3 is 6.09 Å². The third-order valence-electron chi connectivity index (χ3n) is 3.97. The Balaban J connectivity index is 1.51. The number of aliphatic hydroxyl groups is 2. The first-order valence-electron chi connectivity index (χ1n) is 8.02. The van der Waals surface area contributed by atoms with Gasteiger partial charge in [-0.1, -0.05) is 48.5 Å². The molecule has 0 fully saturated rings. The molecule has 130 valence electrons. The molecule has 0 aliphatic heterocycles. The van der Waals surface area contributed by atoms with Gasteiger partial charge in [-0.25, -0.2) is 4.79 Å². The van der Waals surface area contributed by atoms with E-state index in [2.05, 4.69) is 10.3 Å². The zero-order valence-electron chi connectivity index (χ0n) is 13.6. The van der Waals surface area contributed by atoms with Crippen LogP contribution in [0.1, 0.15) is 17.2 Å². The van der Waals surface area contributed by atoms with Crippen molar-refractivity contribution in [3.63, 3.8) is 0 Å². The van der Waals surface area contributed by atoms with Gasteiger partial charge in [0.15, 0.2) is 0 Å². The number of ether oxygens (including phenoxy) is 1. The molecule has 0 saturated carbocycles. The van der Waals surface area contributed by atoms with Gasteiger partial charge in [-0.15, -0.1) is 0 Å². The first-order chi connectivity index (χ1) is 12.1. The maximum absolute atomic E-state index is 11.7. The lowest BCUT2D eigenvalue weighted by atomic mass is 10.0. The van der Waals surface area contributed by atoms with Gasteiger partial charge < -0.3 is 25.3 Å².